The first-order valence-electron chi connectivity index (χ1n) is 19.9. The van der Waals surface area contributed by atoms with Gasteiger partial charge in [-0.25, -0.2) is 0 Å². The maximum atomic E-state index is 2.53. The lowest BCUT2D eigenvalue weighted by molar-refractivity contribution is 1.29. The monoisotopic (exact) mass is 755 g/mol. The molecule has 11 rings (SSSR count). The molecule has 0 N–H and O–H groups in total. The quantitative estimate of drug-likeness (QED) is 0.157. The molecule has 0 aliphatic rings. The first-order valence-corrected chi connectivity index (χ1v) is 20.7. The first-order chi connectivity index (χ1) is 28.8. The number of nitrogens with zero attached hydrogens (tertiary/aromatic N) is 1. The highest BCUT2D eigenvalue weighted by Gasteiger charge is 2.25. The highest BCUT2D eigenvalue weighted by molar-refractivity contribution is 7.26. The number of rotatable bonds is 7. The predicted octanol–water partition coefficient (Wildman–Crippen LogP) is 16.5. The summed E-state index contributed by atoms with van der Waals surface area (Å²) in [5.74, 6) is 0. The minimum atomic E-state index is 1.11. The molecule has 0 saturated carbocycles. The third kappa shape index (κ3) is 5.69. The molecule has 1 nitrogen and oxygen atoms in total. The molecule has 1 heterocycles. The Morgan fingerprint density at radius 3 is 1.45 bits per heavy atom. The minimum Gasteiger partial charge on any atom is -0.309 e. The highest BCUT2D eigenvalue weighted by Crippen LogP contribution is 2.51. The average molecular weight is 756 g/mol. The van der Waals surface area contributed by atoms with E-state index in [1.54, 1.807) is 0 Å². The van der Waals surface area contributed by atoms with Crippen LogP contribution in [0.5, 0.6) is 0 Å². The fourth-order valence-corrected chi connectivity index (χ4v) is 10.2. The van der Waals surface area contributed by atoms with E-state index in [9.17, 15) is 0 Å². The van der Waals surface area contributed by atoms with Gasteiger partial charge in [-0.05, 0) is 68.1 Å². The smallest absolute Gasteiger partial charge is 0.0541 e. The summed E-state index contributed by atoms with van der Waals surface area (Å²) in [6.07, 6.45) is 0. The van der Waals surface area contributed by atoms with E-state index in [1.165, 1.54) is 86.2 Å². The molecule has 2 heteroatoms. The fraction of sp³-hybridized carbons (Fsp3) is 0. The van der Waals surface area contributed by atoms with E-state index in [2.05, 4.69) is 229 Å². The van der Waals surface area contributed by atoms with Gasteiger partial charge < -0.3 is 4.90 Å². The Labute approximate surface area is 342 Å². The molecular formula is C56H37NS. The van der Waals surface area contributed by atoms with E-state index in [0.29, 0.717) is 0 Å². The van der Waals surface area contributed by atoms with Gasteiger partial charge in [0, 0.05) is 42.4 Å². The zero-order valence-corrected chi connectivity index (χ0v) is 32.5. The van der Waals surface area contributed by atoms with Crippen molar-refractivity contribution < 1.29 is 0 Å². The topological polar surface area (TPSA) is 3.24 Å². The Balaban J connectivity index is 1.23. The summed E-state index contributed by atoms with van der Waals surface area (Å²) >= 11 is 1.88. The Morgan fingerprint density at radius 1 is 0.276 bits per heavy atom. The summed E-state index contributed by atoms with van der Waals surface area (Å²) in [5, 5.41) is 7.51. The van der Waals surface area contributed by atoms with Gasteiger partial charge in [0.05, 0.1) is 17.1 Å². The van der Waals surface area contributed by atoms with Gasteiger partial charge in [-0.3, -0.25) is 0 Å². The van der Waals surface area contributed by atoms with Gasteiger partial charge in [0.15, 0.2) is 0 Å². The first kappa shape index (κ1) is 34.0. The molecule has 0 amide bonds. The summed E-state index contributed by atoms with van der Waals surface area (Å²) in [6, 6.07) is 82.0. The van der Waals surface area contributed by atoms with Crippen molar-refractivity contribution in [2.75, 3.05) is 4.90 Å². The molecule has 10 aromatic carbocycles. The molecule has 11 aromatic rings. The summed E-state index contributed by atoms with van der Waals surface area (Å²) in [6.45, 7) is 0. The van der Waals surface area contributed by atoms with E-state index in [-0.39, 0.29) is 0 Å². The summed E-state index contributed by atoms with van der Waals surface area (Å²) in [4.78, 5) is 2.53. The van der Waals surface area contributed by atoms with Gasteiger partial charge >= 0.3 is 0 Å². The van der Waals surface area contributed by atoms with Crippen LogP contribution in [0.4, 0.5) is 17.1 Å². The number of hydrogen-bond donors (Lipinski definition) is 0. The van der Waals surface area contributed by atoms with Crippen LogP contribution in [0.1, 0.15) is 0 Å². The standard InChI is InChI=1S/C56H37NS/c1-2-18-39(19-3-1)42-29-15-22-40-23-16-31-48(55(40)42)45-26-7-11-35-52(45)57(51-34-10-6-25-44(51)43-30-14-21-38-20-4-5-24-41(38)43)53-36-12-8-27-46(53)49-32-17-33-50-47-28-9-13-37-54(47)58-56(49)50/h1-37H. The Kier molecular flexibility index (Phi) is 8.42. The van der Waals surface area contributed by atoms with Crippen LogP contribution in [0.25, 0.3) is 86.2 Å². The SMILES string of the molecule is c1ccc(-c2cccc3cccc(-c4ccccc4N(c4ccccc4-c4cccc5ccccc45)c4ccccc4-c4cccc5c4sc4ccccc45)c23)cc1. The molecule has 0 atom stereocenters. The molecule has 272 valence electrons. The van der Waals surface area contributed by atoms with Crippen LogP contribution in [0.2, 0.25) is 0 Å². The second-order valence-electron chi connectivity index (χ2n) is 14.8. The molecule has 0 saturated heterocycles. The Hall–Kier alpha value is -7.26. The Morgan fingerprint density at radius 2 is 0.724 bits per heavy atom. The van der Waals surface area contributed by atoms with Crippen molar-refractivity contribution in [3.63, 3.8) is 0 Å². The normalized spacial score (nSPS) is 11.4. The molecule has 0 aliphatic heterocycles. The van der Waals surface area contributed by atoms with Crippen LogP contribution >= 0.6 is 11.3 Å². The fourth-order valence-electron chi connectivity index (χ4n) is 8.92. The lowest BCUT2D eigenvalue weighted by Gasteiger charge is -2.32. The summed E-state index contributed by atoms with van der Waals surface area (Å²) in [7, 11) is 0. The van der Waals surface area contributed by atoms with Gasteiger partial charge in [-0.2, -0.15) is 0 Å². The zero-order chi connectivity index (χ0) is 38.4. The summed E-state index contributed by atoms with van der Waals surface area (Å²) in [5.41, 5.74) is 12.9. The molecule has 0 radical (unpaired) electrons. The zero-order valence-electron chi connectivity index (χ0n) is 31.7. The van der Waals surface area contributed by atoms with Gasteiger partial charge in [0.1, 0.15) is 0 Å². The van der Waals surface area contributed by atoms with E-state index >= 15 is 0 Å². The van der Waals surface area contributed by atoms with E-state index in [4.69, 9.17) is 0 Å². The highest BCUT2D eigenvalue weighted by atomic mass is 32.1. The Bertz CT molecular complexity index is 3290. The van der Waals surface area contributed by atoms with Crippen molar-refractivity contribution in [1.82, 2.24) is 0 Å². The third-order valence-corrected chi connectivity index (χ3v) is 12.7. The van der Waals surface area contributed by atoms with E-state index in [0.717, 1.165) is 17.1 Å². The lowest BCUT2D eigenvalue weighted by Crippen LogP contribution is -2.13. The minimum absolute atomic E-state index is 1.11. The van der Waals surface area contributed by atoms with Crippen molar-refractivity contribution in [2.24, 2.45) is 0 Å². The van der Waals surface area contributed by atoms with Gasteiger partial charge in [-0.15, -0.1) is 11.3 Å². The van der Waals surface area contributed by atoms with E-state index < -0.39 is 0 Å². The number of hydrogen-bond acceptors (Lipinski definition) is 2. The summed E-state index contributed by atoms with van der Waals surface area (Å²) < 4.78 is 2.60. The second-order valence-corrected chi connectivity index (χ2v) is 15.8. The van der Waals surface area contributed by atoms with Crippen LogP contribution in [0, 0.1) is 0 Å². The van der Waals surface area contributed by atoms with Gasteiger partial charge in [-0.1, -0.05) is 200 Å². The van der Waals surface area contributed by atoms with Crippen LogP contribution < -0.4 is 4.90 Å². The van der Waals surface area contributed by atoms with Crippen molar-refractivity contribution in [2.45, 2.75) is 0 Å². The number of fused-ring (bicyclic) bond motifs is 5. The van der Waals surface area contributed by atoms with Gasteiger partial charge in [0.2, 0.25) is 0 Å². The van der Waals surface area contributed by atoms with Crippen LogP contribution in [0.15, 0.2) is 224 Å². The van der Waals surface area contributed by atoms with Crippen molar-refractivity contribution >= 4 is 70.1 Å². The molecule has 0 bridgehead atoms. The van der Waals surface area contributed by atoms with Crippen molar-refractivity contribution in [1.29, 1.82) is 0 Å². The van der Waals surface area contributed by atoms with Gasteiger partial charge in [0.25, 0.3) is 0 Å². The second kappa shape index (κ2) is 14.4. The molecule has 0 aliphatic carbocycles. The maximum absolute atomic E-state index is 2.53. The predicted molar refractivity (Wildman–Crippen MR) is 251 cm³/mol. The molecule has 0 fully saturated rings. The maximum Gasteiger partial charge on any atom is 0.0541 e. The van der Waals surface area contributed by atoms with Crippen LogP contribution in [0.3, 0.4) is 0 Å². The average Bonchev–Trinajstić information content (AvgIpc) is 3.69. The van der Waals surface area contributed by atoms with Crippen molar-refractivity contribution in [3.8, 4) is 44.5 Å². The molecular weight excluding hydrogens is 719 g/mol. The van der Waals surface area contributed by atoms with Crippen molar-refractivity contribution in [3.05, 3.63) is 224 Å². The van der Waals surface area contributed by atoms with E-state index in [1.807, 2.05) is 11.3 Å². The largest absolute Gasteiger partial charge is 0.309 e. The molecule has 0 unspecified atom stereocenters. The van der Waals surface area contributed by atoms with Crippen LogP contribution in [-0.4, -0.2) is 0 Å². The number of benzene rings is 10. The third-order valence-electron chi connectivity index (χ3n) is 11.5. The number of anilines is 3. The van der Waals surface area contributed by atoms with Crippen LogP contribution in [-0.2, 0) is 0 Å². The molecule has 58 heavy (non-hydrogen) atoms. The molecule has 0 spiro atoms. The number of thiophene rings is 1. The number of para-hydroxylation sites is 3. The molecule has 1 aromatic heterocycles. The lowest BCUT2D eigenvalue weighted by atomic mass is 9.90.